The highest BCUT2D eigenvalue weighted by molar-refractivity contribution is 5.76. The molecule has 4 rings (SSSR count). The number of benzene rings is 1. The van der Waals surface area contributed by atoms with Crippen LogP contribution in [0, 0.1) is 0 Å². The second-order valence-corrected chi connectivity index (χ2v) is 7.01. The van der Waals surface area contributed by atoms with Gasteiger partial charge in [-0.3, -0.25) is 9.59 Å². The molecule has 0 fully saturated rings. The van der Waals surface area contributed by atoms with E-state index in [0.717, 1.165) is 43.4 Å². The molecule has 2 aliphatic rings. The Bertz CT molecular complexity index is 856. The minimum atomic E-state index is -0.161. The Balaban J connectivity index is 1.52. The first kappa shape index (κ1) is 16.1. The topological polar surface area (TPSA) is 55.2 Å². The fraction of sp³-hybridized carbons (Fsp3) is 0.450. The standard InChI is InChI=1S/C20H23N3O2/c24-19-12-16-7-2-1-3-9-18(16)21-23(19)14-20(25)22-11-10-15-6-4-5-8-17(15)13-22/h4-6,8,12H,1-3,7,9-11,13-14H2. The van der Waals surface area contributed by atoms with Crippen LogP contribution in [0.1, 0.15) is 41.6 Å². The molecule has 130 valence electrons. The second kappa shape index (κ2) is 6.82. The van der Waals surface area contributed by atoms with Crippen molar-refractivity contribution in [2.45, 2.75) is 51.6 Å². The van der Waals surface area contributed by atoms with E-state index >= 15 is 0 Å². The van der Waals surface area contributed by atoms with Gasteiger partial charge in [0.1, 0.15) is 6.54 Å². The van der Waals surface area contributed by atoms with Crippen molar-refractivity contribution >= 4 is 5.91 Å². The van der Waals surface area contributed by atoms with Crippen molar-refractivity contribution in [3.05, 3.63) is 63.1 Å². The summed E-state index contributed by atoms with van der Waals surface area (Å²) in [6.07, 6.45) is 6.10. The molecule has 0 bridgehead atoms. The fourth-order valence-corrected chi connectivity index (χ4v) is 3.83. The van der Waals surface area contributed by atoms with E-state index in [1.807, 2.05) is 17.0 Å². The van der Waals surface area contributed by atoms with Crippen LogP contribution < -0.4 is 5.56 Å². The number of carbonyl (C=O) groups is 1. The molecule has 0 unspecified atom stereocenters. The Morgan fingerprint density at radius 1 is 1.00 bits per heavy atom. The molecule has 1 aliphatic heterocycles. The van der Waals surface area contributed by atoms with E-state index < -0.39 is 0 Å². The average Bonchev–Trinajstić information content (AvgIpc) is 2.86. The van der Waals surface area contributed by atoms with E-state index in [1.54, 1.807) is 6.07 Å². The van der Waals surface area contributed by atoms with E-state index in [-0.39, 0.29) is 18.0 Å². The van der Waals surface area contributed by atoms with Gasteiger partial charge in [0.15, 0.2) is 0 Å². The summed E-state index contributed by atoms with van der Waals surface area (Å²) in [6, 6.07) is 9.92. The molecule has 5 nitrogen and oxygen atoms in total. The molecule has 0 N–H and O–H groups in total. The zero-order chi connectivity index (χ0) is 17.2. The lowest BCUT2D eigenvalue weighted by Gasteiger charge is -2.29. The third-order valence-corrected chi connectivity index (χ3v) is 5.29. The minimum Gasteiger partial charge on any atom is -0.336 e. The summed E-state index contributed by atoms with van der Waals surface area (Å²) in [5.74, 6) is -0.0299. The lowest BCUT2D eigenvalue weighted by Crippen LogP contribution is -2.40. The third kappa shape index (κ3) is 3.36. The Hall–Kier alpha value is -2.43. The van der Waals surface area contributed by atoms with Gasteiger partial charge in [0.2, 0.25) is 5.91 Å². The molecule has 25 heavy (non-hydrogen) atoms. The quantitative estimate of drug-likeness (QED) is 0.789. The third-order valence-electron chi connectivity index (χ3n) is 5.29. The van der Waals surface area contributed by atoms with E-state index in [1.165, 1.54) is 22.2 Å². The van der Waals surface area contributed by atoms with Gasteiger partial charge in [-0.25, -0.2) is 4.68 Å². The molecule has 1 aromatic carbocycles. The van der Waals surface area contributed by atoms with Gasteiger partial charge in [0.05, 0.1) is 5.69 Å². The number of hydrogen-bond donors (Lipinski definition) is 0. The molecule has 5 heteroatoms. The molecule has 0 atom stereocenters. The highest BCUT2D eigenvalue weighted by Gasteiger charge is 2.21. The summed E-state index contributed by atoms with van der Waals surface area (Å²) in [4.78, 5) is 26.9. The van der Waals surface area contributed by atoms with Crippen LogP contribution in [-0.2, 0) is 37.1 Å². The fourth-order valence-electron chi connectivity index (χ4n) is 3.83. The summed E-state index contributed by atoms with van der Waals surface area (Å²) in [7, 11) is 0. The van der Waals surface area contributed by atoms with Gasteiger partial charge in [-0.15, -0.1) is 0 Å². The molecule has 1 amide bonds. The van der Waals surface area contributed by atoms with E-state index in [9.17, 15) is 9.59 Å². The van der Waals surface area contributed by atoms with Crippen molar-refractivity contribution in [2.75, 3.05) is 6.54 Å². The highest BCUT2D eigenvalue weighted by Crippen LogP contribution is 2.19. The van der Waals surface area contributed by atoms with Gasteiger partial charge in [0.25, 0.3) is 5.56 Å². The number of aromatic nitrogens is 2. The summed E-state index contributed by atoms with van der Waals surface area (Å²) < 4.78 is 1.35. The molecule has 2 heterocycles. The zero-order valence-corrected chi connectivity index (χ0v) is 14.4. The van der Waals surface area contributed by atoms with Crippen molar-refractivity contribution in [2.24, 2.45) is 0 Å². The number of fused-ring (bicyclic) bond motifs is 2. The van der Waals surface area contributed by atoms with Crippen LogP contribution in [-0.4, -0.2) is 27.1 Å². The van der Waals surface area contributed by atoms with E-state index in [0.29, 0.717) is 13.1 Å². The van der Waals surface area contributed by atoms with Crippen LogP contribution in [0.2, 0.25) is 0 Å². The van der Waals surface area contributed by atoms with Gasteiger partial charge >= 0.3 is 0 Å². The van der Waals surface area contributed by atoms with Crippen molar-refractivity contribution in [1.82, 2.24) is 14.7 Å². The number of amides is 1. The summed E-state index contributed by atoms with van der Waals surface area (Å²) >= 11 is 0. The van der Waals surface area contributed by atoms with Crippen LogP contribution in [0.25, 0.3) is 0 Å². The Kier molecular flexibility index (Phi) is 4.38. The largest absolute Gasteiger partial charge is 0.336 e. The van der Waals surface area contributed by atoms with Crippen molar-refractivity contribution in [3.63, 3.8) is 0 Å². The smallest absolute Gasteiger partial charge is 0.267 e. The van der Waals surface area contributed by atoms with Gasteiger partial charge in [-0.1, -0.05) is 30.7 Å². The molecule has 0 radical (unpaired) electrons. The molecular formula is C20H23N3O2. The van der Waals surface area contributed by atoms with Gasteiger partial charge in [0, 0.05) is 19.2 Å². The van der Waals surface area contributed by atoms with E-state index in [2.05, 4.69) is 17.2 Å². The van der Waals surface area contributed by atoms with Gasteiger partial charge in [-0.05, 0) is 48.8 Å². The van der Waals surface area contributed by atoms with Crippen LogP contribution >= 0.6 is 0 Å². The summed E-state index contributed by atoms with van der Waals surface area (Å²) in [6.45, 7) is 1.36. The molecule has 1 aliphatic carbocycles. The number of rotatable bonds is 2. The Morgan fingerprint density at radius 2 is 1.80 bits per heavy atom. The molecular weight excluding hydrogens is 314 g/mol. The number of nitrogens with zero attached hydrogens (tertiary/aromatic N) is 3. The number of carbonyl (C=O) groups excluding carboxylic acids is 1. The van der Waals surface area contributed by atoms with Crippen LogP contribution in [0.15, 0.2) is 35.1 Å². The minimum absolute atomic E-state index is 0.0299. The zero-order valence-electron chi connectivity index (χ0n) is 14.4. The molecule has 0 saturated heterocycles. The normalized spacial score (nSPS) is 16.7. The first-order valence-corrected chi connectivity index (χ1v) is 9.15. The van der Waals surface area contributed by atoms with Crippen molar-refractivity contribution in [1.29, 1.82) is 0 Å². The van der Waals surface area contributed by atoms with Crippen molar-refractivity contribution in [3.8, 4) is 0 Å². The lowest BCUT2D eigenvalue weighted by atomic mass is 10.00. The van der Waals surface area contributed by atoms with Crippen LogP contribution in [0.5, 0.6) is 0 Å². The predicted octanol–water partition coefficient (Wildman–Crippen LogP) is 2.10. The van der Waals surface area contributed by atoms with Crippen LogP contribution in [0.3, 0.4) is 0 Å². The lowest BCUT2D eigenvalue weighted by molar-refractivity contribution is -0.133. The first-order valence-electron chi connectivity index (χ1n) is 9.15. The highest BCUT2D eigenvalue weighted by atomic mass is 16.2. The first-order chi connectivity index (χ1) is 12.2. The maximum atomic E-state index is 12.7. The molecule has 0 spiro atoms. The van der Waals surface area contributed by atoms with Gasteiger partial charge in [-0.2, -0.15) is 5.10 Å². The predicted molar refractivity (Wildman–Crippen MR) is 95.3 cm³/mol. The molecule has 1 aromatic heterocycles. The summed E-state index contributed by atoms with van der Waals surface area (Å²) in [5, 5.41) is 4.51. The maximum absolute atomic E-state index is 12.7. The SMILES string of the molecule is O=C(Cn1nc2c(cc1=O)CCCCC2)N1CCc2ccccc2C1. The van der Waals surface area contributed by atoms with Crippen LogP contribution in [0.4, 0.5) is 0 Å². The van der Waals surface area contributed by atoms with E-state index in [4.69, 9.17) is 0 Å². The maximum Gasteiger partial charge on any atom is 0.267 e. The number of aryl methyl sites for hydroxylation is 2. The molecule has 2 aromatic rings. The van der Waals surface area contributed by atoms with Crippen molar-refractivity contribution < 1.29 is 4.79 Å². The Labute approximate surface area is 147 Å². The monoisotopic (exact) mass is 337 g/mol. The molecule has 0 saturated carbocycles. The second-order valence-electron chi connectivity index (χ2n) is 7.01. The summed E-state index contributed by atoms with van der Waals surface area (Å²) in [5.41, 5.74) is 4.41. The Morgan fingerprint density at radius 3 is 2.68 bits per heavy atom. The average molecular weight is 337 g/mol. The number of hydrogen-bond acceptors (Lipinski definition) is 3. The van der Waals surface area contributed by atoms with Gasteiger partial charge < -0.3 is 4.90 Å².